The van der Waals surface area contributed by atoms with Gasteiger partial charge in [-0.1, -0.05) is 0 Å². The summed E-state index contributed by atoms with van der Waals surface area (Å²) < 4.78 is 0. The van der Waals surface area contributed by atoms with E-state index in [1.54, 1.807) is 0 Å². The standard InChI is InChI=1S/C12H28N4/c1-11-12(2,3)16(4)10-14-9-8-13-6-5-7-15-11/h11,13-15H,5-10H2,1-4H3. The fourth-order valence-electron chi connectivity index (χ4n) is 1.86. The molecule has 1 unspecified atom stereocenters. The van der Waals surface area contributed by atoms with Crippen LogP contribution in [0.25, 0.3) is 0 Å². The van der Waals surface area contributed by atoms with Crippen LogP contribution in [0.3, 0.4) is 0 Å². The van der Waals surface area contributed by atoms with Gasteiger partial charge in [-0.05, 0) is 47.3 Å². The van der Waals surface area contributed by atoms with Crippen LogP contribution in [0.1, 0.15) is 27.2 Å². The van der Waals surface area contributed by atoms with Crippen LogP contribution in [0.15, 0.2) is 0 Å². The Morgan fingerprint density at radius 2 is 1.75 bits per heavy atom. The maximum atomic E-state index is 3.61. The largest absolute Gasteiger partial charge is 0.315 e. The molecule has 1 heterocycles. The lowest BCUT2D eigenvalue weighted by molar-refractivity contribution is 0.106. The second kappa shape index (κ2) is 6.55. The first kappa shape index (κ1) is 13.9. The van der Waals surface area contributed by atoms with Gasteiger partial charge in [0.15, 0.2) is 0 Å². The molecule has 0 aromatic heterocycles. The van der Waals surface area contributed by atoms with Crippen molar-refractivity contribution in [1.82, 2.24) is 20.9 Å². The van der Waals surface area contributed by atoms with Gasteiger partial charge in [0.05, 0.1) is 0 Å². The molecule has 0 aliphatic carbocycles. The van der Waals surface area contributed by atoms with Crippen molar-refractivity contribution < 1.29 is 0 Å². The van der Waals surface area contributed by atoms with Crippen LogP contribution in [-0.2, 0) is 0 Å². The summed E-state index contributed by atoms with van der Waals surface area (Å²) in [7, 11) is 2.18. The summed E-state index contributed by atoms with van der Waals surface area (Å²) >= 11 is 0. The highest BCUT2D eigenvalue weighted by Gasteiger charge is 2.29. The van der Waals surface area contributed by atoms with Gasteiger partial charge in [-0.3, -0.25) is 4.90 Å². The smallest absolute Gasteiger partial charge is 0.0483 e. The molecule has 0 aromatic rings. The quantitative estimate of drug-likeness (QED) is 0.554. The van der Waals surface area contributed by atoms with Gasteiger partial charge in [-0.2, -0.15) is 0 Å². The van der Waals surface area contributed by atoms with Gasteiger partial charge in [0.25, 0.3) is 0 Å². The van der Waals surface area contributed by atoms with E-state index in [0.29, 0.717) is 6.04 Å². The fourth-order valence-corrected chi connectivity index (χ4v) is 1.86. The highest BCUT2D eigenvalue weighted by Crippen LogP contribution is 2.16. The molecule has 0 bridgehead atoms. The zero-order chi connectivity index (χ0) is 12.0. The van der Waals surface area contributed by atoms with Crippen LogP contribution in [-0.4, -0.2) is 56.4 Å². The van der Waals surface area contributed by atoms with E-state index in [2.05, 4.69) is 48.7 Å². The molecular weight excluding hydrogens is 200 g/mol. The molecule has 0 saturated carbocycles. The number of hydrogen-bond acceptors (Lipinski definition) is 4. The first-order valence-corrected chi connectivity index (χ1v) is 6.41. The average Bonchev–Trinajstić information content (AvgIpc) is 2.24. The summed E-state index contributed by atoms with van der Waals surface area (Å²) in [4.78, 5) is 2.38. The Kier molecular flexibility index (Phi) is 5.69. The summed E-state index contributed by atoms with van der Waals surface area (Å²) in [5, 5.41) is 10.5. The number of nitrogens with one attached hydrogen (secondary N) is 3. The van der Waals surface area contributed by atoms with Crippen molar-refractivity contribution >= 4 is 0 Å². The molecule has 4 heteroatoms. The number of hydrogen-bond donors (Lipinski definition) is 3. The number of rotatable bonds is 0. The summed E-state index contributed by atoms with van der Waals surface area (Å²) in [6.45, 7) is 12.1. The molecule has 0 radical (unpaired) electrons. The molecule has 1 fully saturated rings. The average molecular weight is 228 g/mol. The first-order chi connectivity index (χ1) is 7.55. The molecule has 1 aliphatic heterocycles. The minimum Gasteiger partial charge on any atom is -0.315 e. The van der Waals surface area contributed by atoms with Crippen LogP contribution in [0.2, 0.25) is 0 Å². The molecule has 4 nitrogen and oxygen atoms in total. The lowest BCUT2D eigenvalue weighted by Crippen LogP contribution is -2.57. The zero-order valence-electron chi connectivity index (χ0n) is 11.3. The second-order valence-corrected chi connectivity index (χ2v) is 5.29. The highest BCUT2D eigenvalue weighted by atomic mass is 15.3. The minimum atomic E-state index is 0.180. The Hall–Kier alpha value is -0.160. The Balaban J connectivity index is 2.52. The van der Waals surface area contributed by atoms with Gasteiger partial charge in [0, 0.05) is 31.3 Å². The monoisotopic (exact) mass is 228 g/mol. The van der Waals surface area contributed by atoms with E-state index in [1.165, 1.54) is 6.42 Å². The van der Waals surface area contributed by atoms with E-state index in [0.717, 1.165) is 32.8 Å². The lowest BCUT2D eigenvalue weighted by atomic mass is 9.94. The third kappa shape index (κ3) is 4.01. The molecule has 1 aliphatic rings. The van der Waals surface area contributed by atoms with Crippen molar-refractivity contribution in [2.75, 3.05) is 39.9 Å². The SMILES string of the molecule is CC1NCCCNCCNCN(C)C1(C)C. The van der Waals surface area contributed by atoms with Crippen LogP contribution < -0.4 is 16.0 Å². The predicted molar refractivity (Wildman–Crippen MR) is 69.7 cm³/mol. The van der Waals surface area contributed by atoms with Crippen LogP contribution in [0.4, 0.5) is 0 Å². The summed E-state index contributed by atoms with van der Waals surface area (Å²) in [6.07, 6.45) is 1.20. The molecule has 1 atom stereocenters. The molecular formula is C12H28N4. The van der Waals surface area contributed by atoms with E-state index in [4.69, 9.17) is 0 Å². The van der Waals surface area contributed by atoms with Crippen LogP contribution in [0.5, 0.6) is 0 Å². The number of nitrogens with zero attached hydrogens (tertiary/aromatic N) is 1. The summed E-state index contributed by atoms with van der Waals surface area (Å²) in [6, 6.07) is 0.499. The second-order valence-electron chi connectivity index (χ2n) is 5.29. The van der Waals surface area contributed by atoms with Gasteiger partial charge in [0.1, 0.15) is 0 Å². The van der Waals surface area contributed by atoms with Crippen LogP contribution in [0, 0.1) is 0 Å². The van der Waals surface area contributed by atoms with Gasteiger partial charge in [-0.25, -0.2) is 0 Å². The maximum Gasteiger partial charge on any atom is 0.0483 e. The summed E-state index contributed by atoms with van der Waals surface area (Å²) in [5.41, 5.74) is 0.180. The van der Waals surface area contributed by atoms with E-state index in [-0.39, 0.29) is 5.54 Å². The molecule has 0 aromatic carbocycles. The topological polar surface area (TPSA) is 39.3 Å². The Morgan fingerprint density at radius 1 is 1.06 bits per heavy atom. The van der Waals surface area contributed by atoms with Gasteiger partial charge < -0.3 is 16.0 Å². The van der Waals surface area contributed by atoms with Crippen molar-refractivity contribution in [2.24, 2.45) is 0 Å². The summed E-state index contributed by atoms with van der Waals surface area (Å²) in [5.74, 6) is 0. The number of likely N-dealkylation sites (N-methyl/N-ethyl adjacent to an activating group) is 1. The third-order valence-corrected chi connectivity index (χ3v) is 3.85. The van der Waals surface area contributed by atoms with E-state index in [1.807, 2.05) is 0 Å². The Labute approximate surface area is 100 Å². The van der Waals surface area contributed by atoms with Crippen molar-refractivity contribution in [2.45, 2.75) is 38.8 Å². The lowest BCUT2D eigenvalue weighted by Gasteiger charge is -2.41. The van der Waals surface area contributed by atoms with Gasteiger partial charge in [-0.15, -0.1) is 0 Å². The van der Waals surface area contributed by atoms with Crippen molar-refractivity contribution in [1.29, 1.82) is 0 Å². The van der Waals surface area contributed by atoms with Crippen molar-refractivity contribution in [3.05, 3.63) is 0 Å². The zero-order valence-corrected chi connectivity index (χ0v) is 11.3. The molecule has 1 rings (SSSR count). The Morgan fingerprint density at radius 3 is 2.50 bits per heavy atom. The molecule has 1 saturated heterocycles. The van der Waals surface area contributed by atoms with E-state index >= 15 is 0 Å². The Bertz CT molecular complexity index is 175. The first-order valence-electron chi connectivity index (χ1n) is 6.41. The molecule has 0 amide bonds. The molecule has 0 spiro atoms. The van der Waals surface area contributed by atoms with Crippen molar-refractivity contribution in [3.8, 4) is 0 Å². The minimum absolute atomic E-state index is 0.180. The fraction of sp³-hybridized carbons (Fsp3) is 1.00. The third-order valence-electron chi connectivity index (χ3n) is 3.85. The van der Waals surface area contributed by atoms with E-state index in [9.17, 15) is 0 Å². The van der Waals surface area contributed by atoms with Crippen LogP contribution >= 0.6 is 0 Å². The van der Waals surface area contributed by atoms with Gasteiger partial charge in [0.2, 0.25) is 0 Å². The predicted octanol–water partition coefficient (Wildman–Crippen LogP) is 0.215. The molecule has 3 N–H and O–H groups in total. The molecule has 96 valence electrons. The highest BCUT2D eigenvalue weighted by molar-refractivity contribution is 4.89. The van der Waals surface area contributed by atoms with E-state index < -0.39 is 0 Å². The maximum absolute atomic E-state index is 3.61. The normalized spacial score (nSPS) is 30.4. The van der Waals surface area contributed by atoms with Crippen molar-refractivity contribution in [3.63, 3.8) is 0 Å². The molecule has 16 heavy (non-hydrogen) atoms. The van der Waals surface area contributed by atoms with Gasteiger partial charge >= 0.3 is 0 Å².